The summed E-state index contributed by atoms with van der Waals surface area (Å²) in [6.45, 7) is 3.14. The fourth-order valence-electron chi connectivity index (χ4n) is 2.28. The van der Waals surface area contributed by atoms with Crippen molar-refractivity contribution >= 4 is 23.4 Å². The first-order valence-corrected chi connectivity index (χ1v) is 7.60. The lowest BCUT2D eigenvalue weighted by Gasteiger charge is -2.27. The summed E-state index contributed by atoms with van der Waals surface area (Å²) in [6.07, 6.45) is 4.10. The molecule has 1 heterocycles. The quantitative estimate of drug-likeness (QED) is 0.825. The molecule has 1 aromatic rings. The van der Waals surface area contributed by atoms with Gasteiger partial charge >= 0.3 is 0 Å². The van der Waals surface area contributed by atoms with Crippen LogP contribution < -0.4 is 10.6 Å². The Bertz CT molecular complexity index is 422. The Labute approximate surface area is 113 Å². The van der Waals surface area contributed by atoms with Gasteiger partial charge in [0.05, 0.1) is 11.7 Å². The minimum Gasteiger partial charge on any atom is -0.324 e. The molecule has 1 fully saturated rings. The molecule has 2 rings (SSSR count). The number of nitrogens with one attached hydrogen (secondary N) is 2. The van der Waals surface area contributed by atoms with Crippen molar-refractivity contribution in [1.82, 2.24) is 5.32 Å². The van der Waals surface area contributed by atoms with E-state index >= 15 is 0 Å². The van der Waals surface area contributed by atoms with Gasteiger partial charge in [0.2, 0.25) is 5.91 Å². The molecule has 1 aromatic carbocycles. The lowest BCUT2D eigenvalue weighted by Crippen LogP contribution is -2.45. The Kier molecular flexibility index (Phi) is 4.66. The Morgan fingerprint density at radius 2 is 2.22 bits per heavy atom. The van der Waals surface area contributed by atoms with Gasteiger partial charge in [0.1, 0.15) is 0 Å². The van der Waals surface area contributed by atoms with Gasteiger partial charge in [-0.15, -0.1) is 11.8 Å². The van der Waals surface area contributed by atoms with Crippen LogP contribution in [-0.4, -0.2) is 24.7 Å². The molecule has 3 nitrogen and oxygen atoms in total. The van der Waals surface area contributed by atoms with Gasteiger partial charge in [0.25, 0.3) is 0 Å². The third-order valence-corrected chi connectivity index (χ3v) is 4.14. The molecule has 2 atom stereocenters. The third-order valence-electron chi connectivity index (χ3n) is 3.35. The summed E-state index contributed by atoms with van der Waals surface area (Å²) in [7, 11) is 0. The Morgan fingerprint density at radius 1 is 1.44 bits per heavy atom. The van der Waals surface area contributed by atoms with Crippen molar-refractivity contribution in [1.29, 1.82) is 0 Å². The van der Waals surface area contributed by atoms with Gasteiger partial charge in [0, 0.05) is 4.90 Å². The highest BCUT2D eigenvalue weighted by molar-refractivity contribution is 7.98. The second-order valence-corrected chi connectivity index (χ2v) is 5.67. The van der Waals surface area contributed by atoms with E-state index in [9.17, 15) is 4.79 Å². The van der Waals surface area contributed by atoms with Crippen molar-refractivity contribution in [2.75, 3.05) is 18.1 Å². The van der Waals surface area contributed by atoms with Crippen molar-refractivity contribution in [2.45, 2.75) is 30.7 Å². The first-order chi connectivity index (χ1) is 8.70. The van der Waals surface area contributed by atoms with Crippen LogP contribution in [0.5, 0.6) is 0 Å². The number of hydrogen-bond donors (Lipinski definition) is 2. The highest BCUT2D eigenvalue weighted by Gasteiger charge is 2.24. The summed E-state index contributed by atoms with van der Waals surface area (Å²) in [4.78, 5) is 13.3. The van der Waals surface area contributed by atoms with Crippen LogP contribution in [0.1, 0.15) is 19.8 Å². The number of anilines is 1. The monoisotopic (exact) mass is 264 g/mol. The molecule has 1 aliphatic heterocycles. The number of carbonyl (C=O) groups excluding carboxylic acids is 1. The van der Waals surface area contributed by atoms with Gasteiger partial charge in [0.15, 0.2) is 0 Å². The summed E-state index contributed by atoms with van der Waals surface area (Å²) >= 11 is 1.65. The largest absolute Gasteiger partial charge is 0.324 e. The van der Waals surface area contributed by atoms with Crippen LogP contribution in [0.3, 0.4) is 0 Å². The summed E-state index contributed by atoms with van der Waals surface area (Å²) in [5.74, 6) is 0.709. The molecule has 2 N–H and O–H groups in total. The molecular weight excluding hydrogens is 244 g/mol. The fourth-order valence-corrected chi connectivity index (χ4v) is 2.83. The van der Waals surface area contributed by atoms with Gasteiger partial charge in [-0.3, -0.25) is 4.79 Å². The maximum absolute atomic E-state index is 12.2. The van der Waals surface area contributed by atoms with E-state index < -0.39 is 0 Å². The van der Waals surface area contributed by atoms with E-state index in [1.165, 1.54) is 0 Å². The number of para-hydroxylation sites is 1. The lowest BCUT2D eigenvalue weighted by atomic mass is 9.94. The molecule has 0 radical (unpaired) electrons. The molecule has 0 bridgehead atoms. The SMILES string of the molecule is CSc1ccccc1NC(=O)C1CC(C)CCN1. The summed E-state index contributed by atoms with van der Waals surface area (Å²) in [6, 6.07) is 7.87. The summed E-state index contributed by atoms with van der Waals surface area (Å²) < 4.78 is 0. The zero-order valence-corrected chi connectivity index (χ0v) is 11.7. The Morgan fingerprint density at radius 3 is 2.94 bits per heavy atom. The van der Waals surface area contributed by atoms with E-state index in [0.717, 1.165) is 30.0 Å². The van der Waals surface area contributed by atoms with Crippen molar-refractivity contribution in [3.63, 3.8) is 0 Å². The summed E-state index contributed by atoms with van der Waals surface area (Å²) in [5.41, 5.74) is 0.912. The van der Waals surface area contributed by atoms with Crippen LogP contribution >= 0.6 is 11.8 Å². The van der Waals surface area contributed by atoms with Gasteiger partial charge in [-0.05, 0) is 43.7 Å². The van der Waals surface area contributed by atoms with E-state index in [1.54, 1.807) is 11.8 Å². The zero-order chi connectivity index (χ0) is 13.0. The molecule has 2 unspecified atom stereocenters. The molecule has 0 saturated carbocycles. The molecule has 1 amide bonds. The molecule has 1 saturated heterocycles. The van der Waals surface area contributed by atoms with Crippen molar-refractivity contribution < 1.29 is 4.79 Å². The molecular formula is C14H20N2OS. The topological polar surface area (TPSA) is 41.1 Å². The van der Waals surface area contributed by atoms with Crippen LogP contribution in [0.15, 0.2) is 29.2 Å². The fraction of sp³-hybridized carbons (Fsp3) is 0.500. The Balaban J connectivity index is 2.02. The van der Waals surface area contributed by atoms with Crippen molar-refractivity contribution in [3.05, 3.63) is 24.3 Å². The third kappa shape index (κ3) is 3.27. The predicted molar refractivity (Wildman–Crippen MR) is 77.0 cm³/mol. The maximum Gasteiger partial charge on any atom is 0.241 e. The second kappa shape index (κ2) is 6.25. The maximum atomic E-state index is 12.2. The molecule has 18 heavy (non-hydrogen) atoms. The first-order valence-electron chi connectivity index (χ1n) is 6.38. The predicted octanol–water partition coefficient (Wildman–Crippen LogP) is 2.74. The molecule has 4 heteroatoms. The van der Waals surface area contributed by atoms with Crippen LogP contribution in [0.2, 0.25) is 0 Å². The van der Waals surface area contributed by atoms with Crippen LogP contribution in [0.25, 0.3) is 0 Å². The van der Waals surface area contributed by atoms with Gasteiger partial charge < -0.3 is 10.6 Å². The van der Waals surface area contributed by atoms with E-state index in [4.69, 9.17) is 0 Å². The highest BCUT2D eigenvalue weighted by Crippen LogP contribution is 2.25. The van der Waals surface area contributed by atoms with E-state index in [1.807, 2.05) is 30.5 Å². The number of thioether (sulfide) groups is 1. The minimum atomic E-state index is -0.0522. The first kappa shape index (κ1) is 13.4. The molecule has 1 aliphatic rings. The van der Waals surface area contributed by atoms with E-state index in [2.05, 4.69) is 17.6 Å². The highest BCUT2D eigenvalue weighted by atomic mass is 32.2. The number of rotatable bonds is 3. The van der Waals surface area contributed by atoms with Crippen molar-refractivity contribution in [2.24, 2.45) is 5.92 Å². The molecule has 0 spiro atoms. The smallest absolute Gasteiger partial charge is 0.241 e. The van der Waals surface area contributed by atoms with Crippen LogP contribution in [-0.2, 0) is 4.79 Å². The molecule has 98 valence electrons. The molecule has 0 aliphatic carbocycles. The number of benzene rings is 1. The van der Waals surface area contributed by atoms with Crippen LogP contribution in [0, 0.1) is 5.92 Å². The normalized spacial score (nSPS) is 23.7. The van der Waals surface area contributed by atoms with E-state index in [-0.39, 0.29) is 11.9 Å². The minimum absolute atomic E-state index is 0.0522. The standard InChI is InChI=1S/C14H20N2OS/c1-10-7-8-15-12(9-10)14(17)16-11-5-3-4-6-13(11)18-2/h3-6,10,12,15H,7-9H2,1-2H3,(H,16,17). The number of hydrogen-bond acceptors (Lipinski definition) is 3. The van der Waals surface area contributed by atoms with E-state index in [0.29, 0.717) is 5.92 Å². The average molecular weight is 264 g/mol. The number of carbonyl (C=O) groups is 1. The Hall–Kier alpha value is -1.00. The van der Waals surface area contributed by atoms with Gasteiger partial charge in [-0.2, -0.15) is 0 Å². The van der Waals surface area contributed by atoms with Gasteiger partial charge in [-0.25, -0.2) is 0 Å². The number of amides is 1. The second-order valence-electron chi connectivity index (χ2n) is 4.83. The van der Waals surface area contributed by atoms with Gasteiger partial charge in [-0.1, -0.05) is 19.1 Å². The van der Waals surface area contributed by atoms with Crippen LogP contribution in [0.4, 0.5) is 5.69 Å². The molecule has 0 aromatic heterocycles. The van der Waals surface area contributed by atoms with Crippen molar-refractivity contribution in [3.8, 4) is 0 Å². The average Bonchev–Trinajstić information content (AvgIpc) is 2.39. The lowest BCUT2D eigenvalue weighted by molar-refractivity contribution is -0.119. The summed E-state index contributed by atoms with van der Waals surface area (Å²) in [5, 5.41) is 6.32. The zero-order valence-electron chi connectivity index (χ0n) is 10.9. The number of piperidine rings is 1.